The van der Waals surface area contributed by atoms with Crippen LogP contribution in [0, 0.1) is 23.0 Å². The zero-order valence-electron chi connectivity index (χ0n) is 14.0. The lowest BCUT2D eigenvalue weighted by Crippen LogP contribution is -2.40. The Morgan fingerprint density at radius 2 is 2.12 bits per heavy atom. The van der Waals surface area contributed by atoms with Crippen LogP contribution in [0.1, 0.15) is 24.3 Å². The van der Waals surface area contributed by atoms with Crippen LogP contribution in [0.15, 0.2) is 34.9 Å². The fourth-order valence-electron chi connectivity index (χ4n) is 3.09. The number of nitro groups is 1. The summed E-state index contributed by atoms with van der Waals surface area (Å²) < 4.78 is 5.08. The van der Waals surface area contributed by atoms with E-state index in [2.05, 4.69) is 10.5 Å². The zero-order chi connectivity index (χ0) is 17.8. The monoisotopic (exact) mass is 344 g/mol. The van der Waals surface area contributed by atoms with Crippen molar-refractivity contribution in [3.05, 3.63) is 51.9 Å². The van der Waals surface area contributed by atoms with E-state index in [1.54, 1.807) is 24.3 Å². The highest BCUT2D eigenvalue weighted by Crippen LogP contribution is 2.31. The van der Waals surface area contributed by atoms with Crippen molar-refractivity contribution in [3.63, 3.8) is 0 Å². The number of aryl methyl sites for hydroxylation is 1. The molecule has 1 aliphatic rings. The zero-order valence-corrected chi connectivity index (χ0v) is 14.0. The van der Waals surface area contributed by atoms with Gasteiger partial charge in [0.1, 0.15) is 5.69 Å². The molecule has 1 aromatic carbocycles. The predicted octanol–water partition coefficient (Wildman–Crippen LogP) is 2.42. The number of para-hydroxylation sites is 2. The topological polar surface area (TPSA) is 102 Å². The second-order valence-electron chi connectivity index (χ2n) is 6.16. The van der Waals surface area contributed by atoms with Crippen molar-refractivity contribution >= 4 is 17.3 Å². The lowest BCUT2D eigenvalue weighted by Gasteiger charge is -2.32. The Kier molecular flexibility index (Phi) is 4.97. The average molecular weight is 344 g/mol. The molecule has 1 amide bonds. The van der Waals surface area contributed by atoms with Crippen LogP contribution in [-0.2, 0) is 11.3 Å². The molecule has 0 radical (unpaired) electrons. The summed E-state index contributed by atoms with van der Waals surface area (Å²) in [5.41, 5.74) is 1.50. The lowest BCUT2D eigenvalue weighted by molar-refractivity contribution is -0.384. The average Bonchev–Trinajstić information content (AvgIpc) is 3.05. The van der Waals surface area contributed by atoms with E-state index in [1.165, 1.54) is 6.07 Å². The van der Waals surface area contributed by atoms with Crippen LogP contribution in [0.3, 0.4) is 0 Å². The summed E-state index contributed by atoms with van der Waals surface area (Å²) in [6.07, 6.45) is 1.32. The molecule has 8 nitrogen and oxygen atoms in total. The van der Waals surface area contributed by atoms with Gasteiger partial charge >= 0.3 is 0 Å². The van der Waals surface area contributed by atoms with E-state index in [0.29, 0.717) is 43.9 Å². The Bertz CT molecular complexity index is 766. The maximum Gasteiger partial charge on any atom is 0.292 e. The lowest BCUT2D eigenvalue weighted by atomic mass is 9.95. The quantitative estimate of drug-likeness (QED) is 0.660. The van der Waals surface area contributed by atoms with E-state index < -0.39 is 0 Å². The van der Waals surface area contributed by atoms with Crippen LogP contribution >= 0.6 is 0 Å². The summed E-state index contributed by atoms with van der Waals surface area (Å²) in [6, 6.07) is 8.50. The normalized spacial score (nSPS) is 15.2. The summed E-state index contributed by atoms with van der Waals surface area (Å²) in [5, 5.41) is 17.8. The third kappa shape index (κ3) is 3.96. The van der Waals surface area contributed by atoms with Gasteiger partial charge in [-0.1, -0.05) is 17.3 Å². The molecule has 1 saturated heterocycles. The minimum Gasteiger partial charge on any atom is -0.366 e. The van der Waals surface area contributed by atoms with Crippen LogP contribution in [0.5, 0.6) is 0 Å². The number of rotatable bonds is 5. The molecule has 0 atom stereocenters. The number of nitrogens with zero attached hydrogens (tertiary/aromatic N) is 3. The van der Waals surface area contributed by atoms with Gasteiger partial charge < -0.3 is 14.7 Å². The fourth-order valence-corrected chi connectivity index (χ4v) is 3.09. The first-order valence-electron chi connectivity index (χ1n) is 8.23. The first-order chi connectivity index (χ1) is 12.0. The third-order valence-corrected chi connectivity index (χ3v) is 4.40. The minimum atomic E-state index is -0.368. The predicted molar refractivity (Wildman–Crippen MR) is 91.1 cm³/mol. The first kappa shape index (κ1) is 16.9. The molecular formula is C17H20N4O4. The van der Waals surface area contributed by atoms with Gasteiger partial charge in [0.05, 0.1) is 17.2 Å². The summed E-state index contributed by atoms with van der Waals surface area (Å²) in [4.78, 5) is 25.1. The molecule has 1 N–H and O–H groups in total. The maximum atomic E-state index is 12.3. The van der Waals surface area contributed by atoms with Gasteiger partial charge in [-0.2, -0.15) is 0 Å². The maximum absolute atomic E-state index is 12.3. The van der Waals surface area contributed by atoms with Crippen LogP contribution in [0.2, 0.25) is 0 Å². The molecule has 1 aliphatic heterocycles. The van der Waals surface area contributed by atoms with Crippen molar-refractivity contribution in [2.45, 2.75) is 26.3 Å². The van der Waals surface area contributed by atoms with Crippen molar-refractivity contribution in [3.8, 4) is 0 Å². The third-order valence-electron chi connectivity index (χ3n) is 4.40. The Morgan fingerprint density at radius 1 is 1.40 bits per heavy atom. The fraction of sp³-hybridized carbons (Fsp3) is 0.412. The van der Waals surface area contributed by atoms with Crippen LogP contribution in [0.4, 0.5) is 11.4 Å². The van der Waals surface area contributed by atoms with Crippen LogP contribution in [0.25, 0.3) is 0 Å². The van der Waals surface area contributed by atoms with Crippen molar-refractivity contribution in [1.82, 2.24) is 10.5 Å². The van der Waals surface area contributed by atoms with Gasteiger partial charge in [-0.15, -0.1) is 0 Å². The molecule has 2 aromatic rings. The van der Waals surface area contributed by atoms with Crippen molar-refractivity contribution < 1.29 is 14.2 Å². The summed E-state index contributed by atoms with van der Waals surface area (Å²) in [5.74, 6) is 0.516. The van der Waals surface area contributed by atoms with Gasteiger partial charge in [-0.25, -0.2) is 0 Å². The van der Waals surface area contributed by atoms with Crippen molar-refractivity contribution in [2.75, 3.05) is 18.0 Å². The highest BCUT2D eigenvalue weighted by molar-refractivity contribution is 5.79. The molecule has 2 heterocycles. The van der Waals surface area contributed by atoms with Crippen LogP contribution < -0.4 is 10.2 Å². The number of aromatic nitrogens is 1. The minimum absolute atomic E-state index is 0.0173. The molecule has 1 aromatic heterocycles. The second-order valence-corrected chi connectivity index (χ2v) is 6.16. The standard InChI is InChI=1S/C17H20N4O4/c1-12-10-14(25-19-12)11-18-17(22)13-6-8-20(9-7-13)15-4-2-3-5-16(15)21(23)24/h2-5,10,13H,6-9,11H2,1H3,(H,18,22). The molecule has 132 valence electrons. The number of piperidine rings is 1. The van der Waals surface area contributed by atoms with E-state index in [1.807, 2.05) is 11.8 Å². The second kappa shape index (κ2) is 7.33. The summed E-state index contributed by atoms with van der Waals surface area (Å²) in [7, 11) is 0. The molecule has 8 heteroatoms. The smallest absolute Gasteiger partial charge is 0.292 e. The summed E-state index contributed by atoms with van der Waals surface area (Å²) >= 11 is 0. The highest BCUT2D eigenvalue weighted by Gasteiger charge is 2.28. The summed E-state index contributed by atoms with van der Waals surface area (Å²) in [6.45, 7) is 3.38. The van der Waals surface area contributed by atoms with Crippen molar-refractivity contribution in [2.24, 2.45) is 5.92 Å². The number of carbonyl (C=O) groups is 1. The van der Waals surface area contributed by atoms with Gasteiger partial charge in [0.2, 0.25) is 5.91 Å². The van der Waals surface area contributed by atoms with Crippen molar-refractivity contribution in [1.29, 1.82) is 0 Å². The van der Waals surface area contributed by atoms with E-state index in [-0.39, 0.29) is 22.4 Å². The van der Waals surface area contributed by atoms with Gasteiger partial charge in [0.15, 0.2) is 5.76 Å². The molecule has 0 spiro atoms. The van der Waals surface area contributed by atoms with Gasteiger partial charge in [-0.05, 0) is 25.8 Å². The number of carbonyl (C=O) groups excluding carboxylic acids is 1. The van der Waals surface area contributed by atoms with Gasteiger partial charge in [0.25, 0.3) is 5.69 Å². The molecule has 25 heavy (non-hydrogen) atoms. The number of benzene rings is 1. The van der Waals surface area contributed by atoms with Gasteiger partial charge in [0, 0.05) is 31.1 Å². The number of nitrogens with one attached hydrogen (secondary N) is 1. The Hall–Kier alpha value is -2.90. The molecule has 0 saturated carbocycles. The van der Waals surface area contributed by atoms with E-state index >= 15 is 0 Å². The van der Waals surface area contributed by atoms with E-state index in [4.69, 9.17) is 4.52 Å². The number of amides is 1. The SMILES string of the molecule is Cc1cc(CNC(=O)C2CCN(c3ccccc3[N+](=O)[O-])CC2)on1. The highest BCUT2D eigenvalue weighted by atomic mass is 16.6. The van der Waals surface area contributed by atoms with E-state index in [0.717, 1.165) is 5.69 Å². The molecule has 3 rings (SSSR count). The number of anilines is 1. The molecular weight excluding hydrogens is 324 g/mol. The number of hydrogen-bond acceptors (Lipinski definition) is 6. The molecule has 1 fully saturated rings. The Labute approximate surface area is 144 Å². The number of hydrogen-bond donors (Lipinski definition) is 1. The first-order valence-corrected chi connectivity index (χ1v) is 8.23. The van der Waals surface area contributed by atoms with Crippen LogP contribution in [-0.4, -0.2) is 29.1 Å². The Morgan fingerprint density at radius 3 is 2.76 bits per heavy atom. The number of nitro benzene ring substituents is 1. The van der Waals surface area contributed by atoms with Gasteiger partial charge in [-0.3, -0.25) is 14.9 Å². The molecule has 0 aliphatic carbocycles. The molecule has 0 unspecified atom stereocenters. The largest absolute Gasteiger partial charge is 0.366 e. The Balaban J connectivity index is 1.55. The van der Waals surface area contributed by atoms with E-state index in [9.17, 15) is 14.9 Å². The molecule has 0 bridgehead atoms.